The van der Waals surface area contributed by atoms with Gasteiger partial charge >= 0.3 is 0 Å². The first-order valence-electron chi connectivity index (χ1n) is 9.40. The summed E-state index contributed by atoms with van der Waals surface area (Å²) >= 11 is 0. The van der Waals surface area contributed by atoms with Crippen LogP contribution in [0.15, 0.2) is 67.3 Å². The minimum absolute atomic E-state index is 0.136. The summed E-state index contributed by atoms with van der Waals surface area (Å²) in [5.74, 6) is -0.606. The van der Waals surface area contributed by atoms with Crippen molar-refractivity contribution in [1.29, 1.82) is 0 Å². The van der Waals surface area contributed by atoms with E-state index < -0.39 is 15.8 Å². The standard InChI is InChI=1S/C21H23FN4O3S/c1-30(28,29)26(20-10-6-18(22)7-11-20)13-2-3-21(27)24-15-17-4-8-19(9-5-17)25-14-12-23-16-25/h4-12,14,16H,2-3,13,15H2,1H3,(H,24,27). The van der Waals surface area contributed by atoms with Crippen LogP contribution < -0.4 is 9.62 Å². The summed E-state index contributed by atoms with van der Waals surface area (Å²) in [7, 11) is -3.53. The molecule has 0 saturated heterocycles. The number of hydrogen-bond acceptors (Lipinski definition) is 4. The van der Waals surface area contributed by atoms with Crippen LogP contribution in [-0.2, 0) is 21.4 Å². The van der Waals surface area contributed by atoms with E-state index in [4.69, 9.17) is 0 Å². The van der Waals surface area contributed by atoms with Crippen LogP contribution in [0, 0.1) is 5.82 Å². The minimum Gasteiger partial charge on any atom is -0.352 e. The van der Waals surface area contributed by atoms with Crippen molar-refractivity contribution in [3.8, 4) is 5.69 Å². The zero-order valence-corrected chi connectivity index (χ0v) is 17.3. The molecule has 0 bridgehead atoms. The van der Waals surface area contributed by atoms with E-state index in [9.17, 15) is 17.6 Å². The van der Waals surface area contributed by atoms with Crippen LogP contribution in [-0.4, -0.2) is 36.7 Å². The summed E-state index contributed by atoms with van der Waals surface area (Å²) in [6.45, 7) is 0.522. The van der Waals surface area contributed by atoms with Crippen molar-refractivity contribution in [1.82, 2.24) is 14.9 Å². The topological polar surface area (TPSA) is 84.3 Å². The van der Waals surface area contributed by atoms with Gasteiger partial charge in [0.15, 0.2) is 0 Å². The predicted molar refractivity (Wildman–Crippen MR) is 113 cm³/mol. The van der Waals surface area contributed by atoms with Crippen LogP contribution in [0.25, 0.3) is 5.69 Å². The Morgan fingerprint density at radius 2 is 1.83 bits per heavy atom. The van der Waals surface area contributed by atoms with Crippen LogP contribution in [0.5, 0.6) is 0 Å². The van der Waals surface area contributed by atoms with Crippen LogP contribution in [0.4, 0.5) is 10.1 Å². The molecular formula is C21H23FN4O3S. The fraction of sp³-hybridized carbons (Fsp3) is 0.238. The number of nitrogens with one attached hydrogen (secondary N) is 1. The molecular weight excluding hydrogens is 407 g/mol. The number of amides is 1. The predicted octanol–water partition coefficient (Wildman–Crippen LogP) is 2.87. The fourth-order valence-electron chi connectivity index (χ4n) is 2.96. The van der Waals surface area contributed by atoms with Gasteiger partial charge < -0.3 is 9.88 Å². The molecule has 2 aromatic carbocycles. The molecule has 3 rings (SSSR count). The number of aromatic nitrogens is 2. The number of rotatable bonds is 9. The lowest BCUT2D eigenvalue weighted by molar-refractivity contribution is -0.121. The zero-order chi connectivity index (χ0) is 21.6. The van der Waals surface area contributed by atoms with Crippen LogP contribution in [0.2, 0.25) is 0 Å². The largest absolute Gasteiger partial charge is 0.352 e. The van der Waals surface area contributed by atoms with Crippen LogP contribution in [0.1, 0.15) is 18.4 Å². The highest BCUT2D eigenvalue weighted by atomic mass is 32.2. The molecule has 30 heavy (non-hydrogen) atoms. The molecule has 1 aromatic heterocycles. The monoisotopic (exact) mass is 430 g/mol. The maximum Gasteiger partial charge on any atom is 0.232 e. The Labute approximate surface area is 175 Å². The van der Waals surface area contributed by atoms with E-state index >= 15 is 0 Å². The lowest BCUT2D eigenvalue weighted by Crippen LogP contribution is -2.32. The summed E-state index contributed by atoms with van der Waals surface area (Å²) < 4.78 is 40.2. The van der Waals surface area contributed by atoms with Crippen LogP contribution >= 0.6 is 0 Å². The minimum atomic E-state index is -3.53. The molecule has 0 fully saturated rings. The number of anilines is 1. The van der Waals surface area contributed by atoms with E-state index in [0.29, 0.717) is 18.7 Å². The number of nitrogens with zero attached hydrogens (tertiary/aromatic N) is 3. The molecule has 1 N–H and O–H groups in total. The third-order valence-corrected chi connectivity index (χ3v) is 5.70. The van der Waals surface area contributed by atoms with Crippen molar-refractivity contribution in [2.45, 2.75) is 19.4 Å². The molecule has 9 heteroatoms. The van der Waals surface area contributed by atoms with Crippen molar-refractivity contribution >= 4 is 21.6 Å². The van der Waals surface area contributed by atoms with E-state index in [-0.39, 0.29) is 18.9 Å². The van der Waals surface area contributed by atoms with E-state index in [0.717, 1.165) is 17.5 Å². The maximum absolute atomic E-state index is 13.1. The Morgan fingerprint density at radius 1 is 1.13 bits per heavy atom. The van der Waals surface area contributed by atoms with Gasteiger partial charge in [0, 0.05) is 37.6 Å². The Bertz CT molecular complexity index is 1070. The smallest absolute Gasteiger partial charge is 0.232 e. The highest BCUT2D eigenvalue weighted by Gasteiger charge is 2.17. The average Bonchev–Trinajstić information content (AvgIpc) is 3.25. The van der Waals surface area contributed by atoms with Crippen LogP contribution in [0.3, 0.4) is 0 Å². The van der Waals surface area contributed by atoms with Gasteiger partial charge in [0.25, 0.3) is 0 Å². The second-order valence-electron chi connectivity index (χ2n) is 6.83. The van der Waals surface area contributed by atoms with Crippen molar-refractivity contribution in [2.75, 3.05) is 17.1 Å². The zero-order valence-electron chi connectivity index (χ0n) is 16.5. The van der Waals surface area contributed by atoms with Gasteiger partial charge in [0.2, 0.25) is 15.9 Å². The molecule has 7 nitrogen and oxygen atoms in total. The van der Waals surface area contributed by atoms with Gasteiger partial charge in [-0.3, -0.25) is 9.10 Å². The molecule has 0 radical (unpaired) electrons. The molecule has 1 amide bonds. The molecule has 0 aliphatic heterocycles. The number of benzene rings is 2. The number of halogens is 1. The highest BCUT2D eigenvalue weighted by Crippen LogP contribution is 2.18. The van der Waals surface area contributed by atoms with Gasteiger partial charge in [-0.25, -0.2) is 17.8 Å². The lowest BCUT2D eigenvalue weighted by Gasteiger charge is -2.22. The Balaban J connectivity index is 1.48. The summed E-state index contributed by atoms with van der Waals surface area (Å²) in [5, 5.41) is 2.84. The van der Waals surface area contributed by atoms with E-state index in [1.165, 1.54) is 28.6 Å². The normalized spacial score (nSPS) is 11.3. The molecule has 0 spiro atoms. The van der Waals surface area contributed by atoms with E-state index in [2.05, 4.69) is 10.3 Å². The maximum atomic E-state index is 13.1. The third kappa shape index (κ3) is 5.90. The van der Waals surface area contributed by atoms with Gasteiger partial charge in [0.1, 0.15) is 5.82 Å². The lowest BCUT2D eigenvalue weighted by atomic mass is 10.2. The van der Waals surface area contributed by atoms with Crippen molar-refractivity contribution in [3.63, 3.8) is 0 Å². The summed E-state index contributed by atoms with van der Waals surface area (Å²) in [6, 6.07) is 13.0. The third-order valence-electron chi connectivity index (χ3n) is 4.51. The highest BCUT2D eigenvalue weighted by molar-refractivity contribution is 7.92. The molecule has 0 aliphatic carbocycles. The SMILES string of the molecule is CS(=O)(=O)N(CCCC(=O)NCc1ccc(-n2ccnc2)cc1)c1ccc(F)cc1. The molecule has 0 aliphatic rings. The number of carbonyl (C=O) groups is 1. The second kappa shape index (κ2) is 9.53. The number of hydrogen-bond donors (Lipinski definition) is 1. The van der Waals surface area contributed by atoms with Crippen molar-refractivity contribution in [2.24, 2.45) is 0 Å². The molecule has 0 saturated carbocycles. The van der Waals surface area contributed by atoms with Gasteiger partial charge in [-0.2, -0.15) is 0 Å². The quantitative estimate of drug-likeness (QED) is 0.566. The Morgan fingerprint density at radius 3 is 2.43 bits per heavy atom. The molecule has 158 valence electrons. The van der Waals surface area contributed by atoms with Gasteiger partial charge in [-0.15, -0.1) is 0 Å². The first-order chi connectivity index (χ1) is 14.3. The van der Waals surface area contributed by atoms with Gasteiger partial charge in [-0.1, -0.05) is 12.1 Å². The first-order valence-corrected chi connectivity index (χ1v) is 11.2. The summed E-state index contributed by atoms with van der Waals surface area (Å²) in [4.78, 5) is 16.1. The van der Waals surface area contributed by atoms with Crippen molar-refractivity contribution in [3.05, 3.63) is 78.6 Å². The first kappa shape index (κ1) is 21.5. The fourth-order valence-corrected chi connectivity index (χ4v) is 3.93. The number of sulfonamides is 1. The van der Waals surface area contributed by atoms with E-state index in [1.807, 2.05) is 35.0 Å². The number of imidazole rings is 1. The molecule has 3 aromatic rings. The number of carbonyl (C=O) groups excluding carboxylic acids is 1. The van der Waals surface area contributed by atoms with Gasteiger partial charge in [0.05, 0.1) is 18.3 Å². The Hall–Kier alpha value is -3.20. The van der Waals surface area contributed by atoms with Gasteiger partial charge in [-0.05, 0) is 48.4 Å². The second-order valence-corrected chi connectivity index (χ2v) is 8.74. The summed E-state index contributed by atoms with van der Waals surface area (Å²) in [6.07, 6.45) is 6.88. The van der Waals surface area contributed by atoms with Crippen molar-refractivity contribution < 1.29 is 17.6 Å². The van der Waals surface area contributed by atoms with E-state index in [1.54, 1.807) is 12.5 Å². The Kier molecular flexibility index (Phi) is 6.83. The molecule has 0 unspecified atom stereocenters. The molecule has 0 atom stereocenters. The summed E-state index contributed by atoms with van der Waals surface area (Å²) in [5.41, 5.74) is 2.30. The molecule has 1 heterocycles. The average molecular weight is 431 g/mol.